The van der Waals surface area contributed by atoms with Gasteiger partial charge in [-0.3, -0.25) is 0 Å². The van der Waals surface area contributed by atoms with E-state index < -0.39 is 36.2 Å². The van der Waals surface area contributed by atoms with Gasteiger partial charge in [0.25, 0.3) is 0 Å². The van der Waals surface area contributed by atoms with Crippen LogP contribution in [0.3, 0.4) is 0 Å². The average Bonchev–Trinajstić information content (AvgIpc) is 2.98. The highest BCUT2D eigenvalue weighted by molar-refractivity contribution is 5.92. The molecule has 0 aromatic carbocycles. The van der Waals surface area contributed by atoms with E-state index in [1.54, 1.807) is 19.9 Å². The van der Waals surface area contributed by atoms with Gasteiger partial charge < -0.3 is 14.6 Å². The van der Waals surface area contributed by atoms with Crippen LogP contribution in [0, 0.1) is 17.8 Å². The standard InChI is InChI=1S/C20H24O5/c1-6-9(2)19(22)25-18-11(4)13-7-15(21)10(3)14(13)8-16-17(18)12(5)20(23)24-16/h6,13-18,21H,3-5,7-8H2,1-2H3/b9-6-/t13?,14?,15-,16-,17?,18+/m1/s1. The molecule has 0 aromatic rings. The zero-order valence-electron chi connectivity index (χ0n) is 14.7. The van der Waals surface area contributed by atoms with Crippen molar-refractivity contribution in [2.45, 2.75) is 45.0 Å². The van der Waals surface area contributed by atoms with Crippen LogP contribution < -0.4 is 0 Å². The van der Waals surface area contributed by atoms with Crippen molar-refractivity contribution in [2.75, 3.05) is 0 Å². The molecule has 5 nitrogen and oxygen atoms in total. The van der Waals surface area contributed by atoms with Gasteiger partial charge in [-0.1, -0.05) is 25.8 Å². The highest BCUT2D eigenvalue weighted by atomic mass is 16.6. The van der Waals surface area contributed by atoms with E-state index in [-0.39, 0.29) is 11.8 Å². The number of ether oxygens (including phenoxy) is 2. The van der Waals surface area contributed by atoms with E-state index >= 15 is 0 Å². The molecule has 134 valence electrons. The zero-order chi connectivity index (χ0) is 18.5. The van der Waals surface area contributed by atoms with Gasteiger partial charge in [-0.15, -0.1) is 0 Å². The Bertz CT molecular complexity index is 701. The van der Waals surface area contributed by atoms with Gasteiger partial charge in [0.05, 0.1) is 12.0 Å². The van der Waals surface area contributed by atoms with Crippen molar-refractivity contribution in [1.29, 1.82) is 0 Å². The molecule has 2 aliphatic carbocycles. The number of esters is 2. The monoisotopic (exact) mass is 344 g/mol. The van der Waals surface area contributed by atoms with E-state index in [0.717, 1.165) is 5.57 Å². The third-order valence-corrected chi connectivity index (χ3v) is 5.83. The summed E-state index contributed by atoms with van der Waals surface area (Å²) in [6.07, 6.45) is 0.952. The molecule has 5 heteroatoms. The van der Waals surface area contributed by atoms with Crippen molar-refractivity contribution in [1.82, 2.24) is 0 Å². The molecular formula is C20H24O5. The van der Waals surface area contributed by atoms with Gasteiger partial charge >= 0.3 is 11.9 Å². The first kappa shape index (κ1) is 17.7. The Balaban J connectivity index is 1.99. The Morgan fingerprint density at radius 3 is 2.52 bits per heavy atom. The molecule has 1 N–H and O–H groups in total. The number of hydrogen-bond donors (Lipinski definition) is 1. The third kappa shape index (κ3) is 2.76. The maximum Gasteiger partial charge on any atom is 0.334 e. The summed E-state index contributed by atoms with van der Waals surface area (Å²) >= 11 is 0. The molecule has 3 aliphatic rings. The molecule has 0 radical (unpaired) electrons. The average molecular weight is 344 g/mol. The molecule has 6 atom stereocenters. The molecule has 3 fully saturated rings. The number of aliphatic hydroxyl groups is 1. The highest BCUT2D eigenvalue weighted by Gasteiger charge is 2.54. The molecule has 0 aromatic heterocycles. The molecule has 1 heterocycles. The van der Waals surface area contributed by atoms with Gasteiger partial charge in [0.2, 0.25) is 0 Å². The fraction of sp³-hybridized carbons (Fsp3) is 0.500. The van der Waals surface area contributed by atoms with Gasteiger partial charge in [-0.2, -0.15) is 0 Å². The smallest absolute Gasteiger partial charge is 0.334 e. The number of allylic oxidation sites excluding steroid dienone is 1. The molecule has 3 unspecified atom stereocenters. The number of aliphatic hydroxyl groups excluding tert-OH is 1. The summed E-state index contributed by atoms with van der Waals surface area (Å²) in [6.45, 7) is 15.5. The second-order valence-electron chi connectivity index (χ2n) is 7.14. The van der Waals surface area contributed by atoms with Gasteiger partial charge in [-0.25, -0.2) is 9.59 Å². The van der Waals surface area contributed by atoms with E-state index in [1.807, 2.05) is 0 Å². The lowest BCUT2D eigenvalue weighted by Crippen LogP contribution is -2.34. The topological polar surface area (TPSA) is 72.8 Å². The largest absolute Gasteiger partial charge is 0.458 e. The lowest BCUT2D eigenvalue weighted by atomic mass is 9.84. The van der Waals surface area contributed by atoms with Gasteiger partial charge in [0.15, 0.2) is 0 Å². The first-order valence-corrected chi connectivity index (χ1v) is 8.55. The lowest BCUT2D eigenvalue weighted by Gasteiger charge is -2.28. The minimum Gasteiger partial charge on any atom is -0.458 e. The Morgan fingerprint density at radius 1 is 1.24 bits per heavy atom. The van der Waals surface area contributed by atoms with E-state index in [9.17, 15) is 14.7 Å². The molecule has 1 saturated heterocycles. The zero-order valence-corrected chi connectivity index (χ0v) is 14.7. The van der Waals surface area contributed by atoms with Gasteiger partial charge in [-0.05, 0) is 49.7 Å². The van der Waals surface area contributed by atoms with Crippen molar-refractivity contribution < 1.29 is 24.2 Å². The minimum atomic E-state index is -0.695. The number of rotatable bonds is 2. The predicted molar refractivity (Wildman–Crippen MR) is 92.3 cm³/mol. The molecule has 0 bridgehead atoms. The minimum absolute atomic E-state index is 0.0415. The fourth-order valence-corrected chi connectivity index (χ4v) is 4.17. The summed E-state index contributed by atoms with van der Waals surface area (Å²) < 4.78 is 11.2. The lowest BCUT2D eigenvalue weighted by molar-refractivity contribution is -0.145. The Labute approximate surface area is 147 Å². The van der Waals surface area contributed by atoms with Crippen molar-refractivity contribution in [3.63, 3.8) is 0 Å². The van der Waals surface area contributed by atoms with Gasteiger partial charge in [0, 0.05) is 11.1 Å². The molecule has 1 aliphatic heterocycles. The van der Waals surface area contributed by atoms with Crippen LogP contribution in [0.25, 0.3) is 0 Å². The second kappa shape index (κ2) is 6.30. The molecule has 2 saturated carbocycles. The quantitative estimate of drug-likeness (QED) is 0.473. The summed E-state index contributed by atoms with van der Waals surface area (Å²) in [4.78, 5) is 24.4. The number of fused-ring (bicyclic) bond motifs is 2. The van der Waals surface area contributed by atoms with E-state index in [2.05, 4.69) is 19.7 Å². The highest BCUT2D eigenvalue weighted by Crippen LogP contribution is 2.51. The Hall–Kier alpha value is -2.14. The molecule has 0 spiro atoms. The van der Waals surface area contributed by atoms with Crippen LogP contribution in [-0.4, -0.2) is 35.4 Å². The summed E-state index contributed by atoms with van der Waals surface area (Å²) in [5.41, 5.74) is 2.23. The molecule has 0 amide bonds. The van der Waals surface area contributed by atoms with Crippen molar-refractivity contribution in [3.05, 3.63) is 48.1 Å². The summed E-state index contributed by atoms with van der Waals surface area (Å²) in [7, 11) is 0. The van der Waals surface area contributed by atoms with Crippen LogP contribution >= 0.6 is 0 Å². The van der Waals surface area contributed by atoms with Crippen LogP contribution in [0.5, 0.6) is 0 Å². The summed E-state index contributed by atoms with van der Waals surface area (Å²) in [5.74, 6) is -1.45. The van der Waals surface area contributed by atoms with E-state index in [0.29, 0.717) is 29.6 Å². The number of carbonyl (C=O) groups excluding carboxylic acids is 2. The van der Waals surface area contributed by atoms with E-state index in [4.69, 9.17) is 9.47 Å². The normalized spacial score (nSPS) is 38.1. The number of carbonyl (C=O) groups is 2. The summed E-state index contributed by atoms with van der Waals surface area (Å²) in [6, 6.07) is 0. The molecule has 3 rings (SSSR count). The van der Waals surface area contributed by atoms with Crippen molar-refractivity contribution in [3.8, 4) is 0 Å². The Morgan fingerprint density at radius 2 is 1.88 bits per heavy atom. The third-order valence-electron chi connectivity index (χ3n) is 5.83. The van der Waals surface area contributed by atoms with Crippen LogP contribution in [0.15, 0.2) is 48.1 Å². The Kier molecular flexibility index (Phi) is 4.45. The molecule has 25 heavy (non-hydrogen) atoms. The van der Waals surface area contributed by atoms with Crippen LogP contribution in [0.1, 0.15) is 26.7 Å². The first-order valence-electron chi connectivity index (χ1n) is 8.55. The van der Waals surface area contributed by atoms with E-state index in [1.165, 1.54) is 0 Å². The van der Waals surface area contributed by atoms with Crippen molar-refractivity contribution >= 4 is 11.9 Å². The van der Waals surface area contributed by atoms with Crippen molar-refractivity contribution in [2.24, 2.45) is 17.8 Å². The first-order chi connectivity index (χ1) is 11.8. The maximum absolute atomic E-state index is 12.3. The van der Waals surface area contributed by atoms with Crippen LogP contribution in [0.4, 0.5) is 0 Å². The van der Waals surface area contributed by atoms with Crippen LogP contribution in [-0.2, 0) is 19.1 Å². The SMILES string of the molecule is C=C1C(=O)O[C@@H]2CC3C(=C)[C@H](O)CC3C(=C)[C@H](OC(=O)/C(C)=C\C)C12. The number of hydrogen-bond acceptors (Lipinski definition) is 5. The predicted octanol–water partition coefficient (Wildman–Crippen LogP) is 2.48. The van der Waals surface area contributed by atoms with Crippen LogP contribution in [0.2, 0.25) is 0 Å². The molecular weight excluding hydrogens is 320 g/mol. The summed E-state index contributed by atoms with van der Waals surface area (Å²) in [5, 5.41) is 10.2. The van der Waals surface area contributed by atoms with Gasteiger partial charge in [0.1, 0.15) is 12.2 Å². The second-order valence-corrected chi connectivity index (χ2v) is 7.14. The maximum atomic E-state index is 12.3. The fourth-order valence-electron chi connectivity index (χ4n) is 4.17.